The number of carbonyl (C=O) groups excluding carboxylic acids is 1. The maximum absolute atomic E-state index is 13.2. The highest BCUT2D eigenvalue weighted by molar-refractivity contribution is 6.00. The lowest BCUT2D eigenvalue weighted by Crippen LogP contribution is -2.41. The number of benzene rings is 3. The highest BCUT2D eigenvalue weighted by atomic mass is 16.6. The molecule has 0 aromatic heterocycles. The molecule has 1 amide bonds. The van der Waals surface area contributed by atoms with Crippen molar-refractivity contribution in [3.05, 3.63) is 111 Å². The van der Waals surface area contributed by atoms with Gasteiger partial charge in [0.2, 0.25) is 0 Å². The zero-order chi connectivity index (χ0) is 19.0. The molecule has 1 unspecified atom stereocenters. The van der Waals surface area contributed by atoms with E-state index in [2.05, 4.69) is 6.92 Å². The first-order valence-electron chi connectivity index (χ1n) is 8.72. The molecule has 1 aliphatic heterocycles. The summed E-state index contributed by atoms with van der Waals surface area (Å²) in [7, 11) is 0. The minimum atomic E-state index is -0.600. The van der Waals surface area contributed by atoms with Crippen molar-refractivity contribution in [1.29, 1.82) is 0 Å². The monoisotopic (exact) mass is 358 g/mol. The molecule has 0 aliphatic carbocycles. The average molecular weight is 358 g/mol. The van der Waals surface area contributed by atoms with E-state index >= 15 is 0 Å². The number of nitrogens with zero attached hydrogens (tertiary/aromatic N) is 2. The molecule has 1 heterocycles. The van der Waals surface area contributed by atoms with Gasteiger partial charge in [-0.05, 0) is 29.7 Å². The maximum Gasteiger partial charge on any atom is 0.269 e. The van der Waals surface area contributed by atoms with Crippen molar-refractivity contribution in [2.75, 3.05) is 0 Å². The van der Waals surface area contributed by atoms with Gasteiger partial charge in [0, 0.05) is 24.2 Å². The summed E-state index contributed by atoms with van der Waals surface area (Å²) in [5.41, 5.74) is 3.00. The second kappa shape index (κ2) is 6.36. The molecule has 3 aromatic carbocycles. The Kier molecular flexibility index (Phi) is 4.00. The Bertz CT molecular complexity index is 1020. The minimum absolute atomic E-state index is 0.0321. The van der Waals surface area contributed by atoms with Crippen molar-refractivity contribution >= 4 is 11.6 Å². The molecule has 0 fully saturated rings. The Balaban J connectivity index is 1.79. The fraction of sp³-hybridized carbons (Fsp3) is 0.136. The van der Waals surface area contributed by atoms with Gasteiger partial charge in [-0.15, -0.1) is 0 Å². The van der Waals surface area contributed by atoms with Crippen molar-refractivity contribution in [2.45, 2.75) is 19.0 Å². The van der Waals surface area contributed by atoms with Gasteiger partial charge in [-0.25, -0.2) is 0 Å². The van der Waals surface area contributed by atoms with Crippen LogP contribution in [0.4, 0.5) is 5.69 Å². The predicted octanol–water partition coefficient (Wildman–Crippen LogP) is 4.51. The van der Waals surface area contributed by atoms with Crippen molar-refractivity contribution in [3.63, 3.8) is 0 Å². The van der Waals surface area contributed by atoms with Crippen LogP contribution in [0.3, 0.4) is 0 Å². The van der Waals surface area contributed by atoms with Crippen LogP contribution in [0.15, 0.2) is 78.9 Å². The summed E-state index contributed by atoms with van der Waals surface area (Å²) in [4.78, 5) is 25.5. The predicted molar refractivity (Wildman–Crippen MR) is 102 cm³/mol. The first kappa shape index (κ1) is 17.0. The number of non-ortho nitro benzene ring substituents is 1. The molecule has 134 valence electrons. The molecule has 3 aromatic rings. The standard InChI is InChI=1S/C22H18N2O3/c1-22(17-7-3-2-4-8-17)20-10-6-5-9-19(20)21(25)23(22)15-16-11-13-18(14-12-16)24(26)27/h2-14H,15H2,1H3. The van der Waals surface area contributed by atoms with Crippen LogP contribution >= 0.6 is 0 Å². The van der Waals surface area contributed by atoms with Crippen molar-refractivity contribution in [2.24, 2.45) is 0 Å². The number of fused-ring (bicyclic) bond motifs is 1. The molecule has 0 spiro atoms. The molecule has 0 saturated heterocycles. The van der Waals surface area contributed by atoms with Gasteiger partial charge < -0.3 is 4.90 Å². The quantitative estimate of drug-likeness (QED) is 0.509. The second-order valence-corrected chi connectivity index (χ2v) is 6.80. The molecule has 0 saturated carbocycles. The van der Waals surface area contributed by atoms with E-state index in [9.17, 15) is 14.9 Å². The van der Waals surface area contributed by atoms with E-state index < -0.39 is 10.5 Å². The number of nitro benzene ring substituents is 1. The first-order valence-corrected chi connectivity index (χ1v) is 8.72. The van der Waals surface area contributed by atoms with Crippen LogP contribution in [0, 0.1) is 10.1 Å². The Labute approximate surface area is 157 Å². The number of nitro groups is 1. The molecule has 1 aliphatic rings. The molecular weight excluding hydrogens is 340 g/mol. The van der Waals surface area contributed by atoms with Crippen LogP contribution in [0.25, 0.3) is 0 Å². The fourth-order valence-corrected chi connectivity index (χ4v) is 3.80. The average Bonchev–Trinajstić information content (AvgIpc) is 2.92. The molecule has 27 heavy (non-hydrogen) atoms. The topological polar surface area (TPSA) is 63.5 Å². The lowest BCUT2D eigenvalue weighted by atomic mass is 9.84. The van der Waals surface area contributed by atoms with Crippen LogP contribution in [0.5, 0.6) is 0 Å². The Morgan fingerprint density at radius 1 is 0.926 bits per heavy atom. The first-order chi connectivity index (χ1) is 13.0. The smallest absolute Gasteiger partial charge is 0.269 e. The lowest BCUT2D eigenvalue weighted by Gasteiger charge is -2.37. The summed E-state index contributed by atoms with van der Waals surface area (Å²) in [5, 5.41) is 10.9. The molecule has 5 nitrogen and oxygen atoms in total. The van der Waals surface area contributed by atoms with Crippen molar-refractivity contribution in [3.8, 4) is 0 Å². The van der Waals surface area contributed by atoms with Gasteiger partial charge in [0.05, 0.1) is 10.5 Å². The Morgan fingerprint density at radius 2 is 1.56 bits per heavy atom. The minimum Gasteiger partial charge on any atom is -0.321 e. The van der Waals surface area contributed by atoms with E-state index in [0.717, 1.165) is 16.7 Å². The van der Waals surface area contributed by atoms with Crippen LogP contribution in [0.1, 0.15) is 34.0 Å². The number of carbonyl (C=O) groups is 1. The van der Waals surface area contributed by atoms with Crippen LogP contribution < -0.4 is 0 Å². The van der Waals surface area contributed by atoms with Crippen molar-refractivity contribution in [1.82, 2.24) is 4.90 Å². The summed E-state index contributed by atoms with van der Waals surface area (Å²) in [6.07, 6.45) is 0. The fourth-order valence-electron chi connectivity index (χ4n) is 3.80. The molecule has 4 rings (SSSR count). The van der Waals surface area contributed by atoms with Gasteiger partial charge in [-0.2, -0.15) is 0 Å². The normalized spacial score (nSPS) is 18.4. The van der Waals surface area contributed by atoms with Gasteiger partial charge in [-0.3, -0.25) is 14.9 Å². The van der Waals surface area contributed by atoms with Gasteiger partial charge >= 0.3 is 0 Å². The molecule has 0 radical (unpaired) electrons. The molecule has 0 bridgehead atoms. The van der Waals surface area contributed by atoms with Gasteiger partial charge in [-0.1, -0.05) is 60.7 Å². The molecule has 1 atom stereocenters. The number of hydrogen-bond donors (Lipinski definition) is 0. The summed E-state index contributed by atoms with van der Waals surface area (Å²) in [6, 6.07) is 24.0. The summed E-state index contributed by atoms with van der Waals surface area (Å²) in [6.45, 7) is 2.42. The van der Waals surface area contributed by atoms with E-state index in [1.165, 1.54) is 12.1 Å². The third-order valence-corrected chi connectivity index (χ3v) is 5.29. The van der Waals surface area contributed by atoms with E-state index in [-0.39, 0.29) is 11.6 Å². The molecule has 5 heteroatoms. The molecule has 0 N–H and O–H groups in total. The van der Waals surface area contributed by atoms with Gasteiger partial charge in [0.15, 0.2) is 0 Å². The van der Waals surface area contributed by atoms with Crippen molar-refractivity contribution < 1.29 is 9.72 Å². The van der Waals surface area contributed by atoms with Gasteiger partial charge in [0.1, 0.15) is 0 Å². The SMILES string of the molecule is CC1(c2ccccc2)c2ccccc2C(=O)N1Cc1ccc([N+](=O)[O-])cc1. The second-order valence-electron chi connectivity index (χ2n) is 6.80. The Hall–Kier alpha value is -3.47. The third-order valence-electron chi connectivity index (χ3n) is 5.29. The van der Waals surface area contributed by atoms with E-state index in [0.29, 0.717) is 12.1 Å². The summed E-state index contributed by atoms with van der Waals surface area (Å²) < 4.78 is 0. The summed E-state index contributed by atoms with van der Waals surface area (Å²) in [5.74, 6) is -0.0321. The zero-order valence-corrected chi connectivity index (χ0v) is 14.8. The van der Waals surface area contributed by atoms with E-state index in [1.54, 1.807) is 12.1 Å². The third kappa shape index (κ3) is 2.68. The molecular formula is C22H18N2O3. The van der Waals surface area contributed by atoms with E-state index in [1.807, 2.05) is 59.5 Å². The number of amides is 1. The van der Waals surface area contributed by atoms with Crippen LogP contribution in [-0.2, 0) is 12.1 Å². The van der Waals surface area contributed by atoms with Crippen LogP contribution in [-0.4, -0.2) is 15.7 Å². The Morgan fingerprint density at radius 3 is 2.22 bits per heavy atom. The number of rotatable bonds is 4. The highest BCUT2D eigenvalue weighted by Crippen LogP contribution is 2.44. The highest BCUT2D eigenvalue weighted by Gasteiger charge is 2.47. The lowest BCUT2D eigenvalue weighted by molar-refractivity contribution is -0.384. The van der Waals surface area contributed by atoms with Gasteiger partial charge in [0.25, 0.3) is 11.6 Å². The largest absolute Gasteiger partial charge is 0.321 e. The van der Waals surface area contributed by atoms with E-state index in [4.69, 9.17) is 0 Å². The summed E-state index contributed by atoms with van der Waals surface area (Å²) >= 11 is 0. The number of hydrogen-bond acceptors (Lipinski definition) is 3. The zero-order valence-electron chi connectivity index (χ0n) is 14.8. The maximum atomic E-state index is 13.2. The van der Waals surface area contributed by atoms with Crippen LogP contribution in [0.2, 0.25) is 0 Å².